The molecule has 0 aromatic carbocycles. The number of primary amides is 1. The van der Waals surface area contributed by atoms with Crippen molar-refractivity contribution in [1.29, 1.82) is 0 Å². The maximum Gasteiger partial charge on any atom is 0.320 e. The molecule has 1 unspecified atom stereocenters. The zero-order valence-electron chi connectivity index (χ0n) is 11.1. The third-order valence-electron chi connectivity index (χ3n) is 2.91. The van der Waals surface area contributed by atoms with Gasteiger partial charge in [-0.05, 0) is 38.9 Å². The molecule has 0 saturated carbocycles. The quantitative estimate of drug-likeness (QED) is 0.651. The van der Waals surface area contributed by atoms with Gasteiger partial charge in [0.25, 0.3) is 0 Å². The molecule has 18 heavy (non-hydrogen) atoms. The van der Waals surface area contributed by atoms with Crippen molar-refractivity contribution in [3.63, 3.8) is 0 Å². The van der Waals surface area contributed by atoms with E-state index in [-0.39, 0.29) is 12.8 Å². The van der Waals surface area contributed by atoms with Gasteiger partial charge in [0.05, 0.1) is 0 Å². The number of aliphatic carboxylic acids is 1. The average molecular weight is 259 g/mol. The summed E-state index contributed by atoms with van der Waals surface area (Å²) in [6.45, 7) is 6.18. The molecule has 1 atom stereocenters. The Balaban J connectivity index is 0.000000327. The summed E-state index contributed by atoms with van der Waals surface area (Å²) in [7, 11) is 0. The number of amides is 1. The molecule has 0 aromatic rings. The van der Waals surface area contributed by atoms with E-state index in [9.17, 15) is 9.59 Å². The Bertz CT molecular complexity index is 253. The number of carboxylic acid groups (broad SMARTS) is 1. The second-order valence-electron chi connectivity index (χ2n) is 4.44. The van der Waals surface area contributed by atoms with Crippen LogP contribution in [0.1, 0.15) is 39.0 Å². The number of likely N-dealkylation sites (tertiary alicyclic amines) is 1. The van der Waals surface area contributed by atoms with E-state index in [2.05, 4.69) is 11.8 Å². The third-order valence-corrected chi connectivity index (χ3v) is 2.91. The van der Waals surface area contributed by atoms with Crippen molar-refractivity contribution in [2.75, 3.05) is 19.6 Å². The van der Waals surface area contributed by atoms with Gasteiger partial charge in [-0.25, -0.2) is 0 Å². The lowest BCUT2D eigenvalue weighted by Crippen LogP contribution is -2.31. The predicted octanol–water partition coefficient (Wildman–Crippen LogP) is 0.156. The summed E-state index contributed by atoms with van der Waals surface area (Å²) < 4.78 is 0. The van der Waals surface area contributed by atoms with Crippen molar-refractivity contribution in [1.82, 2.24) is 4.90 Å². The van der Waals surface area contributed by atoms with Gasteiger partial charge in [-0.3, -0.25) is 9.59 Å². The first-order valence-corrected chi connectivity index (χ1v) is 6.46. The van der Waals surface area contributed by atoms with E-state index in [1.165, 1.54) is 38.9 Å². The molecular weight excluding hydrogens is 234 g/mol. The van der Waals surface area contributed by atoms with Crippen LogP contribution in [0.3, 0.4) is 0 Å². The summed E-state index contributed by atoms with van der Waals surface area (Å²) in [5.41, 5.74) is 9.81. The highest BCUT2D eigenvalue weighted by atomic mass is 16.4. The monoisotopic (exact) mass is 259 g/mol. The third kappa shape index (κ3) is 8.95. The molecule has 1 aliphatic heterocycles. The molecule has 6 nitrogen and oxygen atoms in total. The lowest BCUT2D eigenvalue weighted by molar-refractivity contribution is -0.138. The molecule has 0 spiro atoms. The second-order valence-corrected chi connectivity index (χ2v) is 4.44. The molecule has 1 heterocycles. The van der Waals surface area contributed by atoms with Gasteiger partial charge in [-0.2, -0.15) is 0 Å². The van der Waals surface area contributed by atoms with E-state index in [0.29, 0.717) is 0 Å². The van der Waals surface area contributed by atoms with Gasteiger partial charge < -0.3 is 21.5 Å². The zero-order chi connectivity index (χ0) is 14.0. The molecule has 1 rings (SSSR count). The summed E-state index contributed by atoms with van der Waals surface area (Å²) in [5.74, 6) is -1.64. The largest absolute Gasteiger partial charge is 0.480 e. The van der Waals surface area contributed by atoms with Crippen LogP contribution in [0, 0.1) is 0 Å². The number of carbonyl (C=O) groups excluding carboxylic acids is 1. The van der Waals surface area contributed by atoms with Crippen molar-refractivity contribution in [2.24, 2.45) is 11.5 Å². The van der Waals surface area contributed by atoms with Crippen LogP contribution in [0.5, 0.6) is 0 Å². The standard InChI is InChI=1S/C7H15N.C5H10N2O3/c1-2-8-6-4-3-5-7-8;6-3(5(9)10)1-2-4(7)8/h2-7H2,1H3;3H,1-2,6H2,(H2,7,8)(H,9,10). The molecule has 1 fully saturated rings. The Hall–Kier alpha value is -1.14. The molecule has 0 aromatic heterocycles. The molecule has 1 amide bonds. The fourth-order valence-corrected chi connectivity index (χ4v) is 1.70. The fraction of sp³-hybridized carbons (Fsp3) is 0.833. The van der Waals surface area contributed by atoms with Crippen LogP contribution in [0.4, 0.5) is 0 Å². The minimum absolute atomic E-state index is 0.0213. The van der Waals surface area contributed by atoms with Gasteiger partial charge in [0.1, 0.15) is 6.04 Å². The van der Waals surface area contributed by atoms with Crippen molar-refractivity contribution in [2.45, 2.75) is 45.1 Å². The first kappa shape index (κ1) is 16.9. The Kier molecular flexibility index (Phi) is 9.22. The molecule has 5 N–H and O–H groups in total. The van der Waals surface area contributed by atoms with Gasteiger partial charge >= 0.3 is 5.97 Å². The molecule has 1 saturated heterocycles. The van der Waals surface area contributed by atoms with Crippen molar-refractivity contribution >= 4 is 11.9 Å². The molecule has 0 aliphatic carbocycles. The molecule has 1 aliphatic rings. The number of nitrogens with two attached hydrogens (primary N) is 2. The van der Waals surface area contributed by atoms with Gasteiger partial charge in [-0.1, -0.05) is 13.3 Å². The highest BCUT2D eigenvalue weighted by molar-refractivity contribution is 5.76. The van der Waals surface area contributed by atoms with E-state index in [4.69, 9.17) is 16.6 Å². The van der Waals surface area contributed by atoms with Crippen LogP contribution < -0.4 is 11.5 Å². The molecule has 0 bridgehead atoms. The van der Waals surface area contributed by atoms with Gasteiger partial charge in [0, 0.05) is 6.42 Å². The Morgan fingerprint density at radius 2 is 1.83 bits per heavy atom. The van der Waals surface area contributed by atoms with Crippen LogP contribution in [-0.4, -0.2) is 47.6 Å². The second kappa shape index (κ2) is 9.85. The van der Waals surface area contributed by atoms with Crippen LogP contribution in [-0.2, 0) is 9.59 Å². The summed E-state index contributed by atoms with van der Waals surface area (Å²) >= 11 is 0. The van der Waals surface area contributed by atoms with E-state index >= 15 is 0 Å². The highest BCUT2D eigenvalue weighted by Crippen LogP contribution is 2.06. The number of carboxylic acids is 1. The van der Waals surface area contributed by atoms with Crippen LogP contribution >= 0.6 is 0 Å². The van der Waals surface area contributed by atoms with Gasteiger partial charge in [0.15, 0.2) is 0 Å². The van der Waals surface area contributed by atoms with Crippen molar-refractivity contribution in [3.8, 4) is 0 Å². The number of hydrogen-bond donors (Lipinski definition) is 3. The first-order chi connectivity index (χ1) is 8.47. The first-order valence-electron chi connectivity index (χ1n) is 6.46. The summed E-state index contributed by atoms with van der Waals surface area (Å²) in [6.07, 6.45) is 4.43. The fourth-order valence-electron chi connectivity index (χ4n) is 1.70. The normalized spacial score (nSPS) is 17.4. The van der Waals surface area contributed by atoms with Gasteiger partial charge in [0.2, 0.25) is 5.91 Å². The predicted molar refractivity (Wildman–Crippen MR) is 70.0 cm³/mol. The lowest BCUT2D eigenvalue weighted by atomic mass is 10.1. The molecule has 0 radical (unpaired) electrons. The number of piperidine rings is 1. The van der Waals surface area contributed by atoms with E-state index in [0.717, 1.165) is 0 Å². The highest BCUT2D eigenvalue weighted by Gasteiger charge is 2.11. The van der Waals surface area contributed by atoms with Gasteiger partial charge in [-0.15, -0.1) is 0 Å². The van der Waals surface area contributed by atoms with E-state index in [1.54, 1.807) is 0 Å². The topological polar surface area (TPSA) is 110 Å². The van der Waals surface area contributed by atoms with E-state index in [1.807, 2.05) is 0 Å². The number of carbonyl (C=O) groups is 2. The summed E-state index contributed by atoms with van der Waals surface area (Å²) in [6, 6.07) is -0.979. The maximum atomic E-state index is 10.1. The van der Waals surface area contributed by atoms with Crippen LogP contribution in [0.2, 0.25) is 0 Å². The molecule has 6 heteroatoms. The summed E-state index contributed by atoms with van der Waals surface area (Å²) in [5, 5.41) is 8.22. The Morgan fingerprint density at radius 3 is 2.17 bits per heavy atom. The van der Waals surface area contributed by atoms with Crippen LogP contribution in [0.15, 0.2) is 0 Å². The number of rotatable bonds is 5. The lowest BCUT2D eigenvalue weighted by Gasteiger charge is -2.24. The zero-order valence-corrected chi connectivity index (χ0v) is 11.1. The Labute approximate surface area is 108 Å². The SMILES string of the molecule is CCN1CCCCC1.NC(=O)CCC(N)C(=O)O. The van der Waals surface area contributed by atoms with Crippen molar-refractivity contribution in [3.05, 3.63) is 0 Å². The van der Waals surface area contributed by atoms with Crippen molar-refractivity contribution < 1.29 is 14.7 Å². The number of hydrogen-bond acceptors (Lipinski definition) is 4. The molecule has 106 valence electrons. The maximum absolute atomic E-state index is 10.1. The minimum Gasteiger partial charge on any atom is -0.480 e. The van der Waals surface area contributed by atoms with E-state index < -0.39 is 17.9 Å². The smallest absolute Gasteiger partial charge is 0.320 e. The van der Waals surface area contributed by atoms with Crippen LogP contribution in [0.25, 0.3) is 0 Å². The number of nitrogens with zero attached hydrogens (tertiary/aromatic N) is 1. The molecular formula is C12H25N3O3. The average Bonchev–Trinajstić information content (AvgIpc) is 2.37. The minimum atomic E-state index is -1.11. The Morgan fingerprint density at radius 1 is 1.28 bits per heavy atom. The summed E-state index contributed by atoms with van der Waals surface area (Å²) in [4.78, 5) is 22.7.